The van der Waals surface area contributed by atoms with Crippen LogP contribution in [0.3, 0.4) is 0 Å². The topological polar surface area (TPSA) is 52.6 Å². The van der Waals surface area contributed by atoms with Gasteiger partial charge in [-0.2, -0.15) is 0 Å². The molecule has 4 nitrogen and oxygen atoms in total. The van der Waals surface area contributed by atoms with Crippen molar-refractivity contribution in [1.82, 2.24) is 4.90 Å². The highest BCUT2D eigenvalue weighted by atomic mass is 16.4. The third-order valence-corrected chi connectivity index (χ3v) is 3.15. The molecule has 0 heterocycles. The van der Waals surface area contributed by atoms with Gasteiger partial charge >= 0.3 is 5.97 Å². The molecule has 4 heteroatoms. The van der Waals surface area contributed by atoms with E-state index in [2.05, 4.69) is 34.5 Å². The summed E-state index contributed by atoms with van der Waals surface area (Å²) in [5.74, 6) is -0.897. The van der Waals surface area contributed by atoms with Crippen molar-refractivity contribution in [3.8, 4) is 0 Å². The minimum atomic E-state index is -0.897. The van der Waals surface area contributed by atoms with E-state index in [1.165, 1.54) is 5.56 Å². The van der Waals surface area contributed by atoms with Crippen LogP contribution in [0, 0.1) is 0 Å². The van der Waals surface area contributed by atoms with Crippen molar-refractivity contribution < 1.29 is 9.90 Å². The number of anilines is 1. The first-order chi connectivity index (χ1) is 10.0. The molecule has 21 heavy (non-hydrogen) atoms. The molecular formula is C17H20N2O2. The van der Waals surface area contributed by atoms with Gasteiger partial charge in [0.1, 0.15) is 0 Å². The highest BCUT2D eigenvalue weighted by Crippen LogP contribution is 2.12. The molecule has 110 valence electrons. The van der Waals surface area contributed by atoms with Crippen LogP contribution in [-0.4, -0.2) is 30.1 Å². The van der Waals surface area contributed by atoms with Crippen LogP contribution in [0.4, 0.5) is 5.69 Å². The predicted octanol–water partition coefficient (Wildman–Crippen LogP) is 3.06. The molecule has 0 aromatic heterocycles. The second-order valence-corrected chi connectivity index (χ2v) is 5.29. The van der Waals surface area contributed by atoms with E-state index in [0.29, 0.717) is 12.1 Å². The summed E-state index contributed by atoms with van der Waals surface area (Å²) in [4.78, 5) is 12.9. The first-order valence-corrected chi connectivity index (χ1v) is 6.84. The Morgan fingerprint density at radius 3 is 2.10 bits per heavy atom. The largest absolute Gasteiger partial charge is 0.478 e. The van der Waals surface area contributed by atoms with Crippen LogP contribution < -0.4 is 5.32 Å². The highest BCUT2D eigenvalue weighted by molar-refractivity contribution is 5.87. The number of carboxylic acids is 1. The average Bonchev–Trinajstić information content (AvgIpc) is 2.46. The Morgan fingerprint density at radius 2 is 1.57 bits per heavy atom. The lowest BCUT2D eigenvalue weighted by Gasteiger charge is -2.11. The van der Waals surface area contributed by atoms with E-state index in [0.717, 1.165) is 17.8 Å². The standard InChI is InChI=1S/C17H20N2O2/c1-19(2)12-14-5-9-16(10-6-14)18-11-13-3-7-15(8-4-13)17(20)21/h3-10,18H,11-12H2,1-2H3,(H,20,21). The molecule has 0 bridgehead atoms. The van der Waals surface area contributed by atoms with Gasteiger partial charge in [-0.05, 0) is 49.5 Å². The van der Waals surface area contributed by atoms with Crippen molar-refractivity contribution in [2.75, 3.05) is 19.4 Å². The van der Waals surface area contributed by atoms with Gasteiger partial charge in [0, 0.05) is 18.8 Å². The lowest BCUT2D eigenvalue weighted by Crippen LogP contribution is -2.10. The smallest absolute Gasteiger partial charge is 0.335 e. The van der Waals surface area contributed by atoms with Gasteiger partial charge in [-0.1, -0.05) is 24.3 Å². The monoisotopic (exact) mass is 284 g/mol. The molecule has 0 fully saturated rings. The molecule has 0 radical (unpaired) electrons. The molecule has 2 N–H and O–H groups in total. The number of benzene rings is 2. The van der Waals surface area contributed by atoms with E-state index in [9.17, 15) is 4.79 Å². The molecule has 2 aromatic rings. The maximum atomic E-state index is 10.8. The van der Waals surface area contributed by atoms with Gasteiger partial charge in [0.05, 0.1) is 5.56 Å². The second-order valence-electron chi connectivity index (χ2n) is 5.29. The number of rotatable bonds is 6. The quantitative estimate of drug-likeness (QED) is 0.856. The maximum absolute atomic E-state index is 10.8. The Kier molecular flexibility index (Phi) is 4.95. The first kappa shape index (κ1) is 15.1. The van der Waals surface area contributed by atoms with Crippen molar-refractivity contribution in [3.63, 3.8) is 0 Å². The Bertz CT molecular complexity index is 589. The van der Waals surface area contributed by atoms with Crippen molar-refractivity contribution in [2.24, 2.45) is 0 Å². The summed E-state index contributed by atoms with van der Waals surface area (Å²) >= 11 is 0. The van der Waals surface area contributed by atoms with Crippen LogP contribution in [0.1, 0.15) is 21.5 Å². The number of hydrogen-bond acceptors (Lipinski definition) is 3. The molecule has 2 rings (SSSR count). The molecule has 0 unspecified atom stereocenters. The molecule has 0 saturated carbocycles. The first-order valence-electron chi connectivity index (χ1n) is 6.84. The summed E-state index contributed by atoms with van der Waals surface area (Å²) in [6.07, 6.45) is 0. The van der Waals surface area contributed by atoms with Crippen LogP contribution in [-0.2, 0) is 13.1 Å². The van der Waals surface area contributed by atoms with Crippen LogP contribution in [0.2, 0.25) is 0 Å². The average molecular weight is 284 g/mol. The van der Waals surface area contributed by atoms with Gasteiger partial charge in [0.2, 0.25) is 0 Å². The molecule has 0 atom stereocenters. The van der Waals surface area contributed by atoms with Crippen molar-refractivity contribution >= 4 is 11.7 Å². The normalized spacial score (nSPS) is 10.6. The van der Waals surface area contributed by atoms with E-state index >= 15 is 0 Å². The van der Waals surface area contributed by atoms with Gasteiger partial charge in [0.25, 0.3) is 0 Å². The van der Waals surface area contributed by atoms with Gasteiger partial charge in [-0.3, -0.25) is 0 Å². The molecule has 0 saturated heterocycles. The minimum Gasteiger partial charge on any atom is -0.478 e. The molecule has 0 aliphatic carbocycles. The van der Waals surface area contributed by atoms with Crippen molar-refractivity contribution in [2.45, 2.75) is 13.1 Å². The number of nitrogens with zero attached hydrogens (tertiary/aromatic N) is 1. The number of hydrogen-bond donors (Lipinski definition) is 2. The van der Waals surface area contributed by atoms with Crippen LogP contribution in [0.5, 0.6) is 0 Å². The minimum absolute atomic E-state index is 0.312. The molecule has 0 aliphatic rings. The lowest BCUT2D eigenvalue weighted by atomic mass is 10.1. The Morgan fingerprint density at radius 1 is 1.00 bits per heavy atom. The van der Waals surface area contributed by atoms with E-state index in [4.69, 9.17) is 5.11 Å². The zero-order valence-corrected chi connectivity index (χ0v) is 12.3. The Labute approximate surface area is 125 Å². The SMILES string of the molecule is CN(C)Cc1ccc(NCc2ccc(C(=O)O)cc2)cc1. The summed E-state index contributed by atoms with van der Waals surface area (Å²) < 4.78 is 0. The molecule has 0 spiro atoms. The van der Waals surface area contributed by atoms with Crippen LogP contribution in [0.15, 0.2) is 48.5 Å². The Balaban J connectivity index is 1.91. The highest BCUT2D eigenvalue weighted by Gasteiger charge is 2.02. The molecule has 0 aliphatic heterocycles. The van der Waals surface area contributed by atoms with Gasteiger partial charge in [-0.15, -0.1) is 0 Å². The number of carbonyl (C=O) groups is 1. The summed E-state index contributed by atoms with van der Waals surface area (Å²) in [5, 5.41) is 12.2. The van der Waals surface area contributed by atoms with E-state index in [-0.39, 0.29) is 0 Å². The molecule has 0 amide bonds. The van der Waals surface area contributed by atoms with E-state index in [1.807, 2.05) is 26.2 Å². The molecule has 2 aromatic carbocycles. The Hall–Kier alpha value is -2.33. The second kappa shape index (κ2) is 6.90. The fourth-order valence-corrected chi connectivity index (χ4v) is 2.06. The lowest BCUT2D eigenvalue weighted by molar-refractivity contribution is 0.0697. The number of carboxylic acid groups (broad SMARTS) is 1. The zero-order valence-electron chi connectivity index (χ0n) is 12.3. The summed E-state index contributed by atoms with van der Waals surface area (Å²) in [6, 6.07) is 15.2. The predicted molar refractivity (Wildman–Crippen MR) is 84.6 cm³/mol. The third kappa shape index (κ3) is 4.61. The van der Waals surface area contributed by atoms with Gasteiger partial charge in [-0.25, -0.2) is 4.79 Å². The summed E-state index contributed by atoms with van der Waals surface area (Å²) in [6.45, 7) is 1.60. The summed E-state index contributed by atoms with van der Waals surface area (Å²) in [5.41, 5.74) is 3.69. The van der Waals surface area contributed by atoms with Gasteiger partial charge < -0.3 is 15.3 Å². The fraction of sp³-hybridized carbons (Fsp3) is 0.235. The molecular weight excluding hydrogens is 264 g/mol. The zero-order chi connectivity index (χ0) is 15.2. The number of nitrogens with one attached hydrogen (secondary N) is 1. The van der Waals surface area contributed by atoms with E-state index in [1.54, 1.807) is 12.1 Å². The maximum Gasteiger partial charge on any atom is 0.335 e. The van der Waals surface area contributed by atoms with Crippen LogP contribution >= 0.6 is 0 Å². The van der Waals surface area contributed by atoms with Crippen LogP contribution in [0.25, 0.3) is 0 Å². The van der Waals surface area contributed by atoms with Crippen molar-refractivity contribution in [1.29, 1.82) is 0 Å². The van der Waals surface area contributed by atoms with Gasteiger partial charge in [0.15, 0.2) is 0 Å². The number of aromatic carboxylic acids is 1. The van der Waals surface area contributed by atoms with Crippen molar-refractivity contribution in [3.05, 3.63) is 65.2 Å². The third-order valence-electron chi connectivity index (χ3n) is 3.15. The summed E-state index contributed by atoms with van der Waals surface area (Å²) in [7, 11) is 4.10. The fourth-order valence-electron chi connectivity index (χ4n) is 2.06. The van der Waals surface area contributed by atoms with E-state index < -0.39 is 5.97 Å².